The Morgan fingerprint density at radius 3 is 2.34 bits per heavy atom. The molecular weight excluding hydrogens is 456 g/mol. The smallest absolute Gasteiger partial charge is 0.247 e. The Bertz CT molecular complexity index is 923. The van der Waals surface area contributed by atoms with E-state index in [0.717, 1.165) is 13.0 Å². The first-order chi connectivity index (χ1) is 16.7. The van der Waals surface area contributed by atoms with Gasteiger partial charge in [-0.25, -0.2) is 0 Å². The monoisotopic (exact) mass is 492 g/mol. The van der Waals surface area contributed by atoms with Gasteiger partial charge in [0.15, 0.2) is 11.5 Å². The van der Waals surface area contributed by atoms with E-state index in [0.29, 0.717) is 48.6 Å². The van der Waals surface area contributed by atoms with Crippen LogP contribution >= 0.6 is 0 Å². The number of ether oxygens (including phenoxy) is 3. The van der Waals surface area contributed by atoms with Gasteiger partial charge in [0, 0.05) is 13.0 Å². The number of hydrogen-bond donors (Lipinski definition) is 4. The second-order valence-corrected chi connectivity index (χ2v) is 9.08. The number of methoxy groups -OCH3 is 3. The van der Waals surface area contributed by atoms with Crippen LogP contribution in [0.2, 0.25) is 0 Å². The summed E-state index contributed by atoms with van der Waals surface area (Å²) in [5.74, 6) is -0.302. The van der Waals surface area contributed by atoms with Crippen LogP contribution in [0.3, 0.4) is 0 Å². The van der Waals surface area contributed by atoms with Crippen molar-refractivity contribution in [2.45, 2.75) is 62.8 Å². The van der Waals surface area contributed by atoms with E-state index in [1.54, 1.807) is 17.0 Å². The molecule has 35 heavy (non-hydrogen) atoms. The maximum atomic E-state index is 13.8. The molecule has 0 spiro atoms. The molecule has 11 heteroatoms. The average molecular weight is 493 g/mol. The largest absolute Gasteiger partial charge is 0.493 e. The zero-order valence-corrected chi connectivity index (χ0v) is 20.8. The van der Waals surface area contributed by atoms with Crippen molar-refractivity contribution >= 4 is 17.7 Å². The van der Waals surface area contributed by atoms with Crippen LogP contribution in [0.5, 0.6) is 17.2 Å². The summed E-state index contributed by atoms with van der Waals surface area (Å²) < 4.78 is 16.3. The number of rotatable bonds is 10. The van der Waals surface area contributed by atoms with Crippen molar-refractivity contribution in [1.29, 1.82) is 0 Å². The Kier molecular flexibility index (Phi) is 8.44. The molecule has 1 aromatic carbocycles. The second-order valence-electron chi connectivity index (χ2n) is 9.08. The lowest BCUT2D eigenvalue weighted by atomic mass is 9.85. The topological polar surface area (TPSA) is 152 Å². The van der Waals surface area contributed by atoms with Crippen molar-refractivity contribution < 1.29 is 33.7 Å². The van der Waals surface area contributed by atoms with Crippen LogP contribution in [0.1, 0.15) is 38.2 Å². The number of nitrogens with one attached hydrogen (secondary N) is 2. The standard InChI is InChI=1S/C24H36N4O7/c1-14(29)19(21(25)30)27-23(32)24(8-6-10-28(24)22(31)16-7-5-9-26-16)13-15-11-17(33-2)20(35-4)18(12-15)34-3/h11-12,14,16,19,26,29H,5-10,13H2,1-4H3,(H2,25,30)(H,27,32)/t14-,16?,19+,24?/m1/s1. The molecule has 3 rings (SSSR count). The third-order valence-electron chi connectivity index (χ3n) is 6.83. The summed E-state index contributed by atoms with van der Waals surface area (Å²) in [4.78, 5) is 40.9. The molecule has 1 aromatic rings. The number of benzene rings is 1. The summed E-state index contributed by atoms with van der Waals surface area (Å²) in [6.07, 6.45) is 1.48. The molecular formula is C24H36N4O7. The number of aliphatic hydroxyl groups is 1. The summed E-state index contributed by atoms with van der Waals surface area (Å²) in [7, 11) is 4.50. The number of hydrogen-bond acceptors (Lipinski definition) is 8. The zero-order valence-electron chi connectivity index (χ0n) is 20.8. The number of amides is 3. The molecule has 5 N–H and O–H groups in total. The van der Waals surface area contributed by atoms with Crippen molar-refractivity contribution in [3.63, 3.8) is 0 Å². The highest BCUT2D eigenvalue weighted by Crippen LogP contribution is 2.41. The lowest BCUT2D eigenvalue weighted by Gasteiger charge is -2.39. The molecule has 2 aliphatic rings. The lowest BCUT2D eigenvalue weighted by molar-refractivity contribution is -0.147. The number of aliphatic hydroxyl groups excluding tert-OH is 1. The minimum atomic E-state index is -1.30. The van der Waals surface area contributed by atoms with E-state index in [1.807, 2.05) is 0 Å². The van der Waals surface area contributed by atoms with E-state index in [1.165, 1.54) is 28.3 Å². The predicted octanol–water partition coefficient (Wildman–Crippen LogP) is -0.281. The third-order valence-corrected chi connectivity index (χ3v) is 6.83. The van der Waals surface area contributed by atoms with Gasteiger partial charge < -0.3 is 40.6 Å². The highest BCUT2D eigenvalue weighted by atomic mass is 16.5. The van der Waals surface area contributed by atoms with Gasteiger partial charge in [-0.2, -0.15) is 0 Å². The molecule has 3 amide bonds. The molecule has 11 nitrogen and oxygen atoms in total. The molecule has 0 bridgehead atoms. The summed E-state index contributed by atoms with van der Waals surface area (Å²) >= 11 is 0. The number of likely N-dealkylation sites (tertiary alicyclic amines) is 1. The number of carbonyl (C=O) groups is 3. The van der Waals surface area contributed by atoms with Crippen molar-refractivity contribution in [3.8, 4) is 17.2 Å². The summed E-state index contributed by atoms with van der Waals surface area (Å²) in [5.41, 5.74) is 4.82. The van der Waals surface area contributed by atoms with Crippen LogP contribution in [-0.4, -0.2) is 85.9 Å². The van der Waals surface area contributed by atoms with Crippen molar-refractivity contribution in [2.24, 2.45) is 5.73 Å². The van der Waals surface area contributed by atoms with Gasteiger partial charge in [0.05, 0.1) is 33.5 Å². The van der Waals surface area contributed by atoms with Gasteiger partial charge in [-0.1, -0.05) is 0 Å². The number of primary amides is 1. The Labute approximate surface area is 205 Å². The number of nitrogens with zero attached hydrogens (tertiary/aromatic N) is 1. The molecule has 194 valence electrons. The Balaban J connectivity index is 2.05. The lowest BCUT2D eigenvalue weighted by Crippen LogP contribution is -2.64. The van der Waals surface area contributed by atoms with Crippen LogP contribution in [0.4, 0.5) is 0 Å². The summed E-state index contributed by atoms with van der Waals surface area (Å²) in [5, 5.41) is 15.9. The highest BCUT2D eigenvalue weighted by molar-refractivity contribution is 5.96. The summed E-state index contributed by atoms with van der Waals surface area (Å²) in [6, 6.07) is 1.82. The van der Waals surface area contributed by atoms with E-state index in [2.05, 4.69) is 10.6 Å². The van der Waals surface area contributed by atoms with Crippen LogP contribution < -0.4 is 30.6 Å². The molecule has 2 saturated heterocycles. The van der Waals surface area contributed by atoms with Crippen LogP contribution in [-0.2, 0) is 20.8 Å². The van der Waals surface area contributed by atoms with Crippen molar-refractivity contribution in [1.82, 2.24) is 15.5 Å². The molecule has 0 radical (unpaired) electrons. The third kappa shape index (κ3) is 5.30. The molecule has 4 atom stereocenters. The van der Waals surface area contributed by atoms with Gasteiger partial charge in [0.25, 0.3) is 0 Å². The van der Waals surface area contributed by atoms with Crippen LogP contribution in [0.25, 0.3) is 0 Å². The molecule has 2 fully saturated rings. The first-order valence-corrected chi connectivity index (χ1v) is 11.8. The minimum Gasteiger partial charge on any atom is -0.493 e. The fraction of sp³-hybridized carbons (Fsp3) is 0.625. The SMILES string of the molecule is COc1cc(CC2(C(=O)N[C@H](C(N)=O)[C@@H](C)O)CCCN2C(=O)C2CCCN2)cc(OC)c1OC. The van der Waals surface area contributed by atoms with Gasteiger partial charge in [-0.05, 0) is 56.8 Å². The van der Waals surface area contributed by atoms with E-state index < -0.39 is 29.5 Å². The molecule has 0 saturated carbocycles. The first-order valence-electron chi connectivity index (χ1n) is 11.8. The maximum Gasteiger partial charge on any atom is 0.247 e. The quantitative estimate of drug-likeness (QED) is 0.348. The van der Waals surface area contributed by atoms with E-state index in [9.17, 15) is 19.5 Å². The van der Waals surface area contributed by atoms with Crippen LogP contribution in [0.15, 0.2) is 12.1 Å². The average Bonchev–Trinajstić information content (AvgIpc) is 3.52. The Morgan fingerprint density at radius 1 is 1.20 bits per heavy atom. The van der Waals surface area contributed by atoms with Crippen LogP contribution in [0, 0.1) is 0 Å². The molecule has 2 heterocycles. The van der Waals surface area contributed by atoms with Gasteiger partial charge in [-0.15, -0.1) is 0 Å². The zero-order chi connectivity index (χ0) is 25.8. The molecule has 2 unspecified atom stereocenters. The summed E-state index contributed by atoms with van der Waals surface area (Å²) in [6.45, 7) is 2.51. The maximum absolute atomic E-state index is 13.8. The number of carbonyl (C=O) groups excluding carboxylic acids is 3. The van der Waals surface area contributed by atoms with E-state index in [-0.39, 0.29) is 18.4 Å². The highest BCUT2D eigenvalue weighted by Gasteiger charge is 2.52. The fourth-order valence-electron chi connectivity index (χ4n) is 5.06. The van der Waals surface area contributed by atoms with Gasteiger partial charge in [0.2, 0.25) is 23.5 Å². The molecule has 0 aromatic heterocycles. The molecule has 0 aliphatic carbocycles. The van der Waals surface area contributed by atoms with Gasteiger partial charge in [0.1, 0.15) is 11.6 Å². The predicted molar refractivity (Wildman–Crippen MR) is 127 cm³/mol. The minimum absolute atomic E-state index is 0.138. The van der Waals surface area contributed by atoms with Crippen molar-refractivity contribution in [3.05, 3.63) is 17.7 Å². The molecule has 2 aliphatic heterocycles. The van der Waals surface area contributed by atoms with E-state index >= 15 is 0 Å². The Morgan fingerprint density at radius 2 is 1.86 bits per heavy atom. The van der Waals surface area contributed by atoms with Gasteiger partial charge in [-0.3, -0.25) is 14.4 Å². The Hall–Kier alpha value is -3.05. The van der Waals surface area contributed by atoms with E-state index in [4.69, 9.17) is 19.9 Å². The van der Waals surface area contributed by atoms with Crippen molar-refractivity contribution in [2.75, 3.05) is 34.4 Å². The normalized spacial score (nSPS) is 23.5. The first kappa shape index (κ1) is 26.6. The van der Waals surface area contributed by atoms with Gasteiger partial charge >= 0.3 is 0 Å². The number of nitrogens with two attached hydrogens (primary N) is 1. The fourth-order valence-corrected chi connectivity index (χ4v) is 5.06. The second kappa shape index (κ2) is 11.1.